The maximum atomic E-state index is 12.0. The van der Waals surface area contributed by atoms with Crippen molar-refractivity contribution >= 4 is 28.3 Å². The lowest BCUT2D eigenvalue weighted by molar-refractivity contribution is -0.116. The number of thiazole rings is 1. The van der Waals surface area contributed by atoms with Gasteiger partial charge in [-0.05, 0) is 12.1 Å². The van der Waals surface area contributed by atoms with Crippen molar-refractivity contribution in [1.29, 1.82) is 0 Å². The quantitative estimate of drug-likeness (QED) is 0.771. The minimum Gasteiger partial charge on any atom is -0.379 e. The highest BCUT2D eigenvalue weighted by molar-refractivity contribution is 7.13. The van der Waals surface area contributed by atoms with Crippen LogP contribution in [0.1, 0.15) is 22.5 Å². The Kier molecular flexibility index (Phi) is 6.70. The molecule has 2 heterocycles. The number of nitrogens with zero attached hydrogens (tertiary/aromatic N) is 2. The van der Waals surface area contributed by atoms with Crippen LogP contribution in [-0.4, -0.2) is 54.5 Å². The van der Waals surface area contributed by atoms with Gasteiger partial charge in [0.1, 0.15) is 0 Å². The van der Waals surface area contributed by atoms with E-state index in [1.807, 2.05) is 11.4 Å². The molecule has 1 fully saturated rings. The molecule has 2 amide bonds. The molecule has 1 aromatic carbocycles. The van der Waals surface area contributed by atoms with Gasteiger partial charge >= 0.3 is 0 Å². The standard InChI is InChI=1S/C18H22N4O3S/c23-16(6-7-19-17(24)14-4-2-1-3-5-14)21-18-20-15(13-26-18)12-22-8-10-25-11-9-22/h1-5,13H,6-12H2,(H,19,24)(H,20,21,23). The van der Waals surface area contributed by atoms with Gasteiger partial charge in [0.2, 0.25) is 5.91 Å². The van der Waals surface area contributed by atoms with Gasteiger partial charge in [-0.15, -0.1) is 11.3 Å². The van der Waals surface area contributed by atoms with Crippen LogP contribution in [0.4, 0.5) is 5.13 Å². The number of rotatable bonds is 7. The third-order valence-corrected chi connectivity index (χ3v) is 4.77. The lowest BCUT2D eigenvalue weighted by atomic mass is 10.2. The van der Waals surface area contributed by atoms with Gasteiger partial charge in [0, 0.05) is 43.5 Å². The smallest absolute Gasteiger partial charge is 0.251 e. The van der Waals surface area contributed by atoms with E-state index in [2.05, 4.69) is 20.5 Å². The third kappa shape index (κ3) is 5.62. The molecule has 3 rings (SSSR count). The Morgan fingerprint density at radius 3 is 2.73 bits per heavy atom. The lowest BCUT2D eigenvalue weighted by Crippen LogP contribution is -2.35. The molecule has 0 unspecified atom stereocenters. The summed E-state index contributed by atoms with van der Waals surface area (Å²) in [6.45, 7) is 4.36. The first-order chi connectivity index (χ1) is 12.7. The predicted molar refractivity (Wildman–Crippen MR) is 100 cm³/mol. The zero-order valence-electron chi connectivity index (χ0n) is 14.4. The summed E-state index contributed by atoms with van der Waals surface area (Å²) >= 11 is 1.41. The first kappa shape index (κ1) is 18.5. The topological polar surface area (TPSA) is 83.6 Å². The molecule has 0 spiro atoms. The van der Waals surface area contributed by atoms with Crippen molar-refractivity contribution in [2.45, 2.75) is 13.0 Å². The van der Waals surface area contributed by atoms with Crippen LogP contribution in [0.2, 0.25) is 0 Å². The Balaban J connectivity index is 1.38. The molecule has 8 heteroatoms. The molecule has 1 saturated heterocycles. The summed E-state index contributed by atoms with van der Waals surface area (Å²) in [5.74, 6) is -0.342. The van der Waals surface area contributed by atoms with E-state index < -0.39 is 0 Å². The van der Waals surface area contributed by atoms with E-state index in [4.69, 9.17) is 4.74 Å². The number of aromatic nitrogens is 1. The molecule has 2 N–H and O–H groups in total. The number of ether oxygens (including phenoxy) is 1. The van der Waals surface area contributed by atoms with E-state index in [1.165, 1.54) is 11.3 Å². The van der Waals surface area contributed by atoms with E-state index >= 15 is 0 Å². The second kappa shape index (κ2) is 9.42. The first-order valence-corrected chi connectivity index (χ1v) is 9.46. The summed E-state index contributed by atoms with van der Waals surface area (Å²) in [6.07, 6.45) is 0.205. The second-order valence-corrected chi connectivity index (χ2v) is 6.81. The number of hydrogen-bond donors (Lipinski definition) is 2. The van der Waals surface area contributed by atoms with Crippen LogP contribution >= 0.6 is 11.3 Å². The Hall–Kier alpha value is -2.29. The molecule has 26 heavy (non-hydrogen) atoms. The SMILES string of the molecule is O=C(CCNC(=O)c1ccccc1)Nc1nc(CN2CCOCC2)cs1. The van der Waals surface area contributed by atoms with E-state index in [1.54, 1.807) is 24.3 Å². The Labute approximate surface area is 156 Å². The Bertz CT molecular complexity index is 729. The molecular weight excluding hydrogens is 352 g/mol. The molecule has 1 aliphatic rings. The van der Waals surface area contributed by atoms with Gasteiger partial charge in [-0.3, -0.25) is 14.5 Å². The summed E-state index contributed by atoms with van der Waals surface area (Å²) in [6, 6.07) is 8.94. The molecule has 0 radical (unpaired) electrons. The maximum absolute atomic E-state index is 12.0. The summed E-state index contributed by atoms with van der Waals surface area (Å²) < 4.78 is 5.33. The summed E-state index contributed by atoms with van der Waals surface area (Å²) in [5.41, 5.74) is 1.53. The summed E-state index contributed by atoms with van der Waals surface area (Å²) in [4.78, 5) is 30.7. The molecule has 7 nitrogen and oxygen atoms in total. The van der Waals surface area contributed by atoms with Gasteiger partial charge in [0.15, 0.2) is 5.13 Å². The van der Waals surface area contributed by atoms with E-state index in [0.717, 1.165) is 38.5 Å². The Morgan fingerprint density at radius 1 is 1.19 bits per heavy atom. The predicted octanol–water partition coefficient (Wildman–Crippen LogP) is 1.73. The molecule has 0 aliphatic carbocycles. The maximum Gasteiger partial charge on any atom is 0.251 e. The number of nitrogens with one attached hydrogen (secondary N) is 2. The highest BCUT2D eigenvalue weighted by atomic mass is 32.1. The molecule has 0 saturated carbocycles. The minimum absolute atomic E-state index is 0.161. The van der Waals surface area contributed by atoms with Crippen LogP contribution in [0.3, 0.4) is 0 Å². The van der Waals surface area contributed by atoms with Crippen LogP contribution in [-0.2, 0) is 16.1 Å². The molecule has 0 atom stereocenters. The second-order valence-electron chi connectivity index (χ2n) is 5.95. The number of carbonyl (C=O) groups excluding carboxylic acids is 2. The van der Waals surface area contributed by atoms with Crippen LogP contribution in [0.5, 0.6) is 0 Å². The van der Waals surface area contributed by atoms with Crippen LogP contribution in [0.25, 0.3) is 0 Å². The summed E-state index contributed by atoms with van der Waals surface area (Å²) in [7, 11) is 0. The number of carbonyl (C=O) groups is 2. The first-order valence-electron chi connectivity index (χ1n) is 8.58. The van der Waals surface area contributed by atoms with Gasteiger partial charge < -0.3 is 15.4 Å². The molecule has 2 aromatic rings. The van der Waals surface area contributed by atoms with E-state index in [-0.39, 0.29) is 24.8 Å². The zero-order chi connectivity index (χ0) is 18.2. The number of hydrogen-bond acceptors (Lipinski definition) is 6. The fourth-order valence-electron chi connectivity index (χ4n) is 2.59. The third-order valence-electron chi connectivity index (χ3n) is 3.96. The Morgan fingerprint density at radius 2 is 1.96 bits per heavy atom. The van der Waals surface area contributed by atoms with E-state index in [9.17, 15) is 9.59 Å². The monoisotopic (exact) mass is 374 g/mol. The van der Waals surface area contributed by atoms with Crippen LogP contribution in [0.15, 0.2) is 35.7 Å². The van der Waals surface area contributed by atoms with Crippen molar-refractivity contribution in [2.75, 3.05) is 38.2 Å². The van der Waals surface area contributed by atoms with Crippen molar-refractivity contribution in [1.82, 2.24) is 15.2 Å². The zero-order valence-corrected chi connectivity index (χ0v) is 15.3. The van der Waals surface area contributed by atoms with Crippen molar-refractivity contribution < 1.29 is 14.3 Å². The normalized spacial score (nSPS) is 14.8. The number of anilines is 1. The highest BCUT2D eigenvalue weighted by Crippen LogP contribution is 2.17. The summed E-state index contributed by atoms with van der Waals surface area (Å²) in [5, 5.41) is 8.08. The van der Waals surface area contributed by atoms with Gasteiger partial charge in [0.25, 0.3) is 5.91 Å². The van der Waals surface area contributed by atoms with Crippen LogP contribution in [0, 0.1) is 0 Å². The molecule has 1 aromatic heterocycles. The van der Waals surface area contributed by atoms with Crippen LogP contribution < -0.4 is 10.6 Å². The van der Waals surface area contributed by atoms with Crippen molar-refractivity contribution in [3.8, 4) is 0 Å². The van der Waals surface area contributed by atoms with Crippen molar-refractivity contribution in [2.24, 2.45) is 0 Å². The van der Waals surface area contributed by atoms with Gasteiger partial charge in [0.05, 0.1) is 18.9 Å². The molecule has 138 valence electrons. The van der Waals surface area contributed by atoms with Gasteiger partial charge in [-0.2, -0.15) is 0 Å². The van der Waals surface area contributed by atoms with Gasteiger partial charge in [-0.1, -0.05) is 18.2 Å². The minimum atomic E-state index is -0.180. The van der Waals surface area contributed by atoms with E-state index in [0.29, 0.717) is 10.7 Å². The van der Waals surface area contributed by atoms with Gasteiger partial charge in [-0.25, -0.2) is 4.98 Å². The fourth-order valence-corrected chi connectivity index (χ4v) is 3.31. The average molecular weight is 374 g/mol. The van der Waals surface area contributed by atoms with Crippen molar-refractivity contribution in [3.05, 3.63) is 47.0 Å². The molecule has 0 bridgehead atoms. The molecular formula is C18H22N4O3S. The largest absolute Gasteiger partial charge is 0.379 e. The van der Waals surface area contributed by atoms with Crippen molar-refractivity contribution in [3.63, 3.8) is 0 Å². The molecule has 1 aliphatic heterocycles. The fraction of sp³-hybridized carbons (Fsp3) is 0.389. The number of benzene rings is 1. The number of amides is 2. The highest BCUT2D eigenvalue weighted by Gasteiger charge is 2.13. The number of morpholine rings is 1. The lowest BCUT2D eigenvalue weighted by Gasteiger charge is -2.25. The average Bonchev–Trinajstić information content (AvgIpc) is 3.10.